The van der Waals surface area contributed by atoms with Crippen LogP contribution in [0.3, 0.4) is 0 Å². The van der Waals surface area contributed by atoms with Crippen LogP contribution in [0.1, 0.15) is 27.3 Å². The highest BCUT2D eigenvalue weighted by atomic mass is 35.5. The van der Waals surface area contributed by atoms with Gasteiger partial charge >= 0.3 is 5.97 Å². The Morgan fingerprint density at radius 1 is 0.894 bits per heavy atom. The number of anilines is 3. The molecule has 0 spiro atoms. The van der Waals surface area contributed by atoms with Crippen LogP contribution < -0.4 is 20.3 Å². The van der Waals surface area contributed by atoms with Crippen LogP contribution in [0.5, 0.6) is 5.75 Å². The molecular weight excluding hydrogens is 657 g/mol. The number of nitrogens with zero attached hydrogens (tertiary/aromatic N) is 3. The number of carboxylic acid groups (broad SMARTS) is 1. The van der Waals surface area contributed by atoms with E-state index in [0.29, 0.717) is 5.02 Å². The Balaban J connectivity index is 1.46. The lowest BCUT2D eigenvalue weighted by Gasteiger charge is -2.38. The van der Waals surface area contributed by atoms with Crippen molar-refractivity contribution in [2.75, 3.05) is 48.8 Å². The molecule has 3 heterocycles. The van der Waals surface area contributed by atoms with Crippen molar-refractivity contribution in [3.05, 3.63) is 76.0 Å². The van der Waals surface area contributed by atoms with Crippen LogP contribution >= 0.6 is 23.2 Å². The SMILES string of the molecule is CN1CCCN(c2ccc(C(=O)Nc3c(NC(=O)c4ccc(Cl)cn4)cc(Cl)cc3O[C@@H]3O[C@H](C(=O)O)[C@@H](O)[C@H](O)[C@H]3O)cc2)CC1. The number of aliphatic hydroxyl groups excluding tert-OH is 3. The topological polar surface area (TPSA) is 194 Å². The summed E-state index contributed by atoms with van der Waals surface area (Å²) in [6, 6.07) is 12.4. The van der Waals surface area contributed by atoms with Gasteiger partial charge in [0, 0.05) is 48.2 Å². The van der Waals surface area contributed by atoms with Crippen molar-refractivity contribution in [2.24, 2.45) is 0 Å². The van der Waals surface area contributed by atoms with E-state index >= 15 is 0 Å². The molecule has 5 rings (SSSR count). The summed E-state index contributed by atoms with van der Waals surface area (Å²) in [5.41, 5.74) is 1.01. The summed E-state index contributed by atoms with van der Waals surface area (Å²) in [5.74, 6) is -3.18. The number of rotatable bonds is 8. The fourth-order valence-electron chi connectivity index (χ4n) is 5.19. The van der Waals surface area contributed by atoms with Crippen LogP contribution in [0, 0.1) is 0 Å². The number of carbonyl (C=O) groups excluding carboxylic acids is 2. The Morgan fingerprint density at radius 3 is 2.32 bits per heavy atom. The van der Waals surface area contributed by atoms with Gasteiger partial charge in [0.1, 0.15) is 35.4 Å². The number of amides is 2. The molecule has 0 aliphatic carbocycles. The summed E-state index contributed by atoms with van der Waals surface area (Å²) in [5, 5.41) is 46.0. The van der Waals surface area contributed by atoms with Crippen molar-refractivity contribution in [3.8, 4) is 5.75 Å². The number of pyridine rings is 1. The summed E-state index contributed by atoms with van der Waals surface area (Å²) in [4.78, 5) is 46.8. The van der Waals surface area contributed by atoms with E-state index in [1.165, 1.54) is 30.5 Å². The van der Waals surface area contributed by atoms with E-state index in [1.807, 2.05) is 12.1 Å². The van der Waals surface area contributed by atoms with Gasteiger partial charge in [-0.05, 0) is 62.5 Å². The van der Waals surface area contributed by atoms with Crippen molar-refractivity contribution >= 4 is 58.0 Å². The quantitative estimate of drug-likeness (QED) is 0.202. The standard InChI is InChI=1S/C31H33Cl2N5O9/c1-37-9-2-10-38(12-11-37)19-6-3-16(4-7-19)28(42)36-23-21(35-29(43)20-8-5-17(32)15-34-20)13-18(33)14-22(23)46-31-26(41)24(39)25(40)27(47-31)30(44)45/h3-8,13-15,24-27,31,39-41H,2,9-12H2,1H3,(H,35,43)(H,36,42)(H,44,45)/t24-,25-,26+,27-,31+/m0/s1. The van der Waals surface area contributed by atoms with Gasteiger partial charge in [0.05, 0.1) is 10.7 Å². The lowest BCUT2D eigenvalue weighted by molar-refractivity contribution is -0.271. The molecule has 0 bridgehead atoms. The first kappa shape index (κ1) is 34.3. The smallest absolute Gasteiger partial charge is 0.335 e. The minimum atomic E-state index is -1.96. The lowest BCUT2D eigenvalue weighted by Crippen LogP contribution is -2.61. The third kappa shape index (κ3) is 8.11. The molecule has 2 saturated heterocycles. The van der Waals surface area contributed by atoms with Crippen molar-refractivity contribution in [2.45, 2.75) is 37.1 Å². The van der Waals surface area contributed by atoms with Gasteiger partial charge in [-0.2, -0.15) is 0 Å². The Morgan fingerprint density at radius 2 is 1.64 bits per heavy atom. The molecular formula is C31H33Cl2N5O9. The van der Waals surface area contributed by atoms with E-state index in [9.17, 15) is 34.8 Å². The Hall–Kier alpha value is -4.02. The summed E-state index contributed by atoms with van der Waals surface area (Å²) < 4.78 is 11.0. The van der Waals surface area contributed by atoms with Gasteiger partial charge in [-0.15, -0.1) is 0 Å². The van der Waals surface area contributed by atoms with E-state index in [-0.39, 0.29) is 33.4 Å². The van der Waals surface area contributed by atoms with E-state index in [4.69, 9.17) is 32.7 Å². The molecule has 0 radical (unpaired) electrons. The van der Waals surface area contributed by atoms with Gasteiger partial charge in [0.25, 0.3) is 11.8 Å². The lowest BCUT2D eigenvalue weighted by atomic mass is 9.99. The van der Waals surface area contributed by atoms with Crippen LogP contribution in [0.4, 0.5) is 17.1 Å². The number of hydrogen-bond acceptors (Lipinski definition) is 11. The number of hydrogen-bond donors (Lipinski definition) is 6. The molecule has 2 aliphatic heterocycles. The van der Waals surface area contributed by atoms with Crippen molar-refractivity contribution in [3.63, 3.8) is 0 Å². The molecule has 47 heavy (non-hydrogen) atoms. The molecule has 250 valence electrons. The van der Waals surface area contributed by atoms with E-state index in [2.05, 4.69) is 32.5 Å². The van der Waals surface area contributed by atoms with Gasteiger partial charge in [-0.3, -0.25) is 9.59 Å². The van der Waals surface area contributed by atoms with Crippen LogP contribution in [0.15, 0.2) is 54.7 Å². The Kier molecular flexibility index (Phi) is 10.8. The average molecular weight is 691 g/mol. The number of aromatic nitrogens is 1. The first-order valence-electron chi connectivity index (χ1n) is 14.6. The van der Waals surface area contributed by atoms with Gasteiger partial charge in [0.2, 0.25) is 6.29 Å². The predicted molar refractivity (Wildman–Crippen MR) is 172 cm³/mol. The second-order valence-corrected chi connectivity index (χ2v) is 12.0. The second kappa shape index (κ2) is 14.8. The molecule has 0 saturated carbocycles. The monoisotopic (exact) mass is 689 g/mol. The number of benzene rings is 2. The number of aliphatic carboxylic acids is 1. The molecule has 0 unspecified atom stereocenters. The molecule has 2 amide bonds. The number of ether oxygens (including phenoxy) is 2. The summed E-state index contributed by atoms with van der Waals surface area (Å²) in [6.45, 7) is 3.61. The zero-order chi connectivity index (χ0) is 33.8. The Bertz CT molecular complexity index is 1610. The third-order valence-corrected chi connectivity index (χ3v) is 8.23. The van der Waals surface area contributed by atoms with Gasteiger partial charge in [-0.1, -0.05) is 23.2 Å². The first-order chi connectivity index (χ1) is 22.4. The highest BCUT2D eigenvalue weighted by Crippen LogP contribution is 2.39. The van der Waals surface area contributed by atoms with Crippen LogP contribution in [-0.2, 0) is 9.53 Å². The summed E-state index contributed by atoms with van der Waals surface area (Å²) in [6.07, 6.45) is -7.33. The van der Waals surface area contributed by atoms with Crippen LogP contribution in [0.25, 0.3) is 0 Å². The van der Waals surface area contributed by atoms with Crippen LogP contribution in [-0.4, -0.2) is 112 Å². The number of carboxylic acids is 1. The average Bonchev–Trinajstić information content (AvgIpc) is 3.27. The number of halogens is 2. The fraction of sp³-hybridized carbons (Fsp3) is 0.355. The fourth-order valence-corrected chi connectivity index (χ4v) is 5.51. The molecule has 3 aromatic rings. The molecule has 6 N–H and O–H groups in total. The highest BCUT2D eigenvalue weighted by molar-refractivity contribution is 6.31. The molecule has 2 aromatic carbocycles. The molecule has 16 heteroatoms. The number of aliphatic hydroxyl groups is 3. The number of likely N-dealkylation sites (N-methyl/N-ethyl adjacent to an activating group) is 1. The maximum absolute atomic E-state index is 13.6. The minimum absolute atomic E-state index is 0.00507. The van der Waals surface area contributed by atoms with E-state index in [0.717, 1.165) is 38.3 Å². The highest BCUT2D eigenvalue weighted by Gasteiger charge is 2.48. The van der Waals surface area contributed by atoms with Crippen molar-refractivity contribution in [1.29, 1.82) is 0 Å². The Labute approximate surface area is 279 Å². The summed E-state index contributed by atoms with van der Waals surface area (Å²) >= 11 is 12.2. The molecule has 2 fully saturated rings. The third-order valence-electron chi connectivity index (χ3n) is 7.78. The first-order valence-corrected chi connectivity index (χ1v) is 15.4. The number of nitrogens with one attached hydrogen (secondary N) is 2. The maximum Gasteiger partial charge on any atom is 0.335 e. The van der Waals surface area contributed by atoms with Gasteiger partial charge < -0.3 is 50.3 Å². The normalized spacial score (nSPS) is 23.4. The maximum atomic E-state index is 13.6. The zero-order valence-electron chi connectivity index (χ0n) is 25.0. The number of carbonyl (C=O) groups is 3. The van der Waals surface area contributed by atoms with Crippen LogP contribution in [0.2, 0.25) is 10.0 Å². The molecule has 5 atom stereocenters. The predicted octanol–water partition coefficient (Wildman–Crippen LogP) is 2.31. The minimum Gasteiger partial charge on any atom is -0.479 e. The summed E-state index contributed by atoms with van der Waals surface area (Å²) in [7, 11) is 2.07. The van der Waals surface area contributed by atoms with Gasteiger partial charge in [0.15, 0.2) is 6.10 Å². The second-order valence-electron chi connectivity index (χ2n) is 11.1. The van der Waals surface area contributed by atoms with Gasteiger partial charge in [-0.25, -0.2) is 9.78 Å². The van der Waals surface area contributed by atoms with E-state index in [1.54, 1.807) is 12.1 Å². The molecule has 2 aliphatic rings. The zero-order valence-corrected chi connectivity index (χ0v) is 26.6. The molecule has 14 nitrogen and oxygen atoms in total. The van der Waals surface area contributed by atoms with E-state index < -0.39 is 48.5 Å². The van der Waals surface area contributed by atoms with Crippen molar-refractivity contribution in [1.82, 2.24) is 9.88 Å². The van der Waals surface area contributed by atoms with Crippen molar-refractivity contribution < 1.29 is 44.3 Å². The molecule has 1 aromatic heterocycles. The largest absolute Gasteiger partial charge is 0.479 e.